The van der Waals surface area contributed by atoms with E-state index in [4.69, 9.17) is 11.5 Å². The monoisotopic (exact) mass is 241 g/mol. The standard InChI is InChI=1S/C13H27N3O/c1-3-4-5-9-16(2)11-7-6-8-13(15,10-11)12(14)17/h11H,3-10,15H2,1-2H3,(H2,14,17). The van der Waals surface area contributed by atoms with Crippen molar-refractivity contribution >= 4 is 5.91 Å². The number of hydrogen-bond acceptors (Lipinski definition) is 3. The largest absolute Gasteiger partial charge is 0.368 e. The van der Waals surface area contributed by atoms with Gasteiger partial charge in [0.2, 0.25) is 5.91 Å². The first-order valence-electron chi connectivity index (χ1n) is 6.78. The highest BCUT2D eigenvalue weighted by Gasteiger charge is 2.38. The topological polar surface area (TPSA) is 72.3 Å². The molecule has 0 spiro atoms. The summed E-state index contributed by atoms with van der Waals surface area (Å²) in [7, 11) is 2.13. The van der Waals surface area contributed by atoms with E-state index in [2.05, 4.69) is 18.9 Å². The van der Waals surface area contributed by atoms with Crippen LogP contribution in [0.4, 0.5) is 0 Å². The van der Waals surface area contributed by atoms with Crippen LogP contribution in [0.1, 0.15) is 51.9 Å². The van der Waals surface area contributed by atoms with Gasteiger partial charge in [0.05, 0.1) is 5.54 Å². The lowest BCUT2D eigenvalue weighted by Crippen LogP contribution is -2.57. The fraction of sp³-hybridized carbons (Fsp3) is 0.923. The zero-order chi connectivity index (χ0) is 12.9. The highest BCUT2D eigenvalue weighted by atomic mass is 16.1. The first kappa shape index (κ1) is 14.5. The molecular weight excluding hydrogens is 214 g/mol. The molecule has 0 radical (unpaired) electrons. The zero-order valence-corrected chi connectivity index (χ0v) is 11.2. The van der Waals surface area contributed by atoms with E-state index < -0.39 is 5.54 Å². The second-order valence-corrected chi connectivity index (χ2v) is 5.46. The van der Waals surface area contributed by atoms with E-state index in [1.165, 1.54) is 19.3 Å². The SMILES string of the molecule is CCCCCN(C)C1CCCC(N)(C(N)=O)C1. The first-order valence-corrected chi connectivity index (χ1v) is 6.78. The van der Waals surface area contributed by atoms with Crippen LogP contribution in [-0.2, 0) is 4.79 Å². The van der Waals surface area contributed by atoms with Gasteiger partial charge in [-0.3, -0.25) is 4.79 Å². The minimum absolute atomic E-state index is 0.343. The molecule has 1 aliphatic carbocycles. The van der Waals surface area contributed by atoms with Crippen LogP contribution in [-0.4, -0.2) is 36.0 Å². The predicted molar refractivity (Wildman–Crippen MR) is 70.5 cm³/mol. The van der Waals surface area contributed by atoms with Crippen molar-refractivity contribution in [2.75, 3.05) is 13.6 Å². The number of nitrogens with two attached hydrogens (primary N) is 2. The molecule has 1 rings (SSSR count). The van der Waals surface area contributed by atoms with Crippen molar-refractivity contribution in [2.24, 2.45) is 11.5 Å². The van der Waals surface area contributed by atoms with Crippen LogP contribution in [0.2, 0.25) is 0 Å². The number of carbonyl (C=O) groups excluding carboxylic acids is 1. The second kappa shape index (κ2) is 6.36. The highest BCUT2D eigenvalue weighted by Crippen LogP contribution is 2.28. The Labute approximate surface area is 105 Å². The van der Waals surface area contributed by atoms with Gasteiger partial charge in [-0.2, -0.15) is 0 Å². The van der Waals surface area contributed by atoms with Crippen LogP contribution in [0, 0.1) is 0 Å². The van der Waals surface area contributed by atoms with Gasteiger partial charge >= 0.3 is 0 Å². The van der Waals surface area contributed by atoms with E-state index in [1.807, 2.05) is 0 Å². The maximum absolute atomic E-state index is 11.4. The molecule has 1 fully saturated rings. The molecule has 0 bridgehead atoms. The van der Waals surface area contributed by atoms with E-state index >= 15 is 0 Å². The molecule has 4 nitrogen and oxygen atoms in total. The van der Waals surface area contributed by atoms with E-state index in [0.29, 0.717) is 12.5 Å². The second-order valence-electron chi connectivity index (χ2n) is 5.46. The Balaban J connectivity index is 2.45. The Morgan fingerprint density at radius 1 is 1.47 bits per heavy atom. The quantitative estimate of drug-likeness (QED) is 0.687. The molecule has 0 aliphatic heterocycles. The maximum atomic E-state index is 11.4. The van der Waals surface area contributed by atoms with E-state index in [-0.39, 0.29) is 5.91 Å². The van der Waals surface area contributed by atoms with Crippen LogP contribution in [0.5, 0.6) is 0 Å². The Morgan fingerprint density at radius 3 is 2.76 bits per heavy atom. The smallest absolute Gasteiger partial charge is 0.237 e. The molecule has 0 aromatic carbocycles. The molecule has 0 saturated heterocycles. The van der Waals surface area contributed by atoms with E-state index in [0.717, 1.165) is 25.8 Å². The van der Waals surface area contributed by atoms with Crippen LogP contribution < -0.4 is 11.5 Å². The summed E-state index contributed by atoms with van der Waals surface area (Å²) >= 11 is 0. The van der Waals surface area contributed by atoms with Crippen LogP contribution in [0.3, 0.4) is 0 Å². The zero-order valence-electron chi connectivity index (χ0n) is 11.2. The lowest BCUT2D eigenvalue weighted by Gasteiger charge is -2.39. The maximum Gasteiger partial charge on any atom is 0.237 e. The van der Waals surface area contributed by atoms with Crippen molar-refractivity contribution < 1.29 is 4.79 Å². The lowest BCUT2D eigenvalue weighted by atomic mass is 9.78. The average molecular weight is 241 g/mol. The van der Waals surface area contributed by atoms with E-state index in [1.54, 1.807) is 0 Å². The van der Waals surface area contributed by atoms with Crippen molar-refractivity contribution in [1.29, 1.82) is 0 Å². The van der Waals surface area contributed by atoms with Gasteiger partial charge in [0.25, 0.3) is 0 Å². The van der Waals surface area contributed by atoms with Crippen molar-refractivity contribution in [3.63, 3.8) is 0 Å². The summed E-state index contributed by atoms with van der Waals surface area (Å²) in [5.41, 5.74) is 10.7. The lowest BCUT2D eigenvalue weighted by molar-refractivity contribution is -0.125. The number of hydrogen-bond donors (Lipinski definition) is 2. The third-order valence-electron chi connectivity index (χ3n) is 3.99. The molecule has 0 aromatic rings. The number of amides is 1. The predicted octanol–water partition coefficient (Wildman–Crippen LogP) is 1.23. The third-order valence-corrected chi connectivity index (χ3v) is 3.99. The summed E-state index contributed by atoms with van der Waals surface area (Å²) in [4.78, 5) is 13.7. The van der Waals surface area contributed by atoms with Crippen LogP contribution in [0.15, 0.2) is 0 Å². The summed E-state index contributed by atoms with van der Waals surface area (Å²) < 4.78 is 0. The summed E-state index contributed by atoms with van der Waals surface area (Å²) in [6.45, 7) is 3.30. The Morgan fingerprint density at radius 2 is 2.18 bits per heavy atom. The van der Waals surface area contributed by atoms with Crippen molar-refractivity contribution in [1.82, 2.24) is 4.90 Å². The normalized spacial score (nSPS) is 29.5. The molecule has 4 heteroatoms. The molecule has 0 aromatic heterocycles. The van der Waals surface area contributed by atoms with Crippen LogP contribution >= 0.6 is 0 Å². The highest BCUT2D eigenvalue weighted by molar-refractivity contribution is 5.84. The van der Waals surface area contributed by atoms with Gasteiger partial charge in [0, 0.05) is 6.04 Å². The minimum atomic E-state index is -0.776. The Kier molecular flexibility index (Phi) is 5.40. The number of primary amides is 1. The van der Waals surface area contributed by atoms with Gasteiger partial charge in [0.1, 0.15) is 0 Å². The van der Waals surface area contributed by atoms with Crippen molar-refractivity contribution in [3.05, 3.63) is 0 Å². The van der Waals surface area contributed by atoms with Crippen molar-refractivity contribution in [2.45, 2.75) is 63.5 Å². The van der Waals surface area contributed by atoms with Gasteiger partial charge in [-0.25, -0.2) is 0 Å². The molecule has 100 valence electrons. The number of unbranched alkanes of at least 4 members (excludes halogenated alkanes) is 2. The number of nitrogens with zero attached hydrogens (tertiary/aromatic N) is 1. The van der Waals surface area contributed by atoms with Gasteiger partial charge in [-0.15, -0.1) is 0 Å². The third kappa shape index (κ3) is 3.96. The summed E-state index contributed by atoms with van der Waals surface area (Å²) in [5.74, 6) is -0.343. The van der Waals surface area contributed by atoms with Gasteiger partial charge in [0.15, 0.2) is 0 Å². The first-order chi connectivity index (χ1) is 7.99. The Hall–Kier alpha value is -0.610. The average Bonchev–Trinajstić information content (AvgIpc) is 2.29. The number of rotatable bonds is 6. The fourth-order valence-electron chi connectivity index (χ4n) is 2.67. The van der Waals surface area contributed by atoms with Gasteiger partial charge < -0.3 is 16.4 Å². The molecule has 4 N–H and O–H groups in total. The van der Waals surface area contributed by atoms with Gasteiger partial charge in [-0.05, 0) is 45.7 Å². The minimum Gasteiger partial charge on any atom is -0.368 e. The molecular formula is C13H27N3O. The summed E-state index contributed by atoms with van der Waals surface area (Å²) in [6, 6.07) is 0.415. The van der Waals surface area contributed by atoms with Gasteiger partial charge in [-0.1, -0.05) is 19.8 Å². The summed E-state index contributed by atoms with van der Waals surface area (Å²) in [5, 5.41) is 0. The van der Waals surface area contributed by atoms with E-state index in [9.17, 15) is 4.79 Å². The molecule has 1 saturated carbocycles. The molecule has 1 amide bonds. The molecule has 2 atom stereocenters. The van der Waals surface area contributed by atoms with Crippen LogP contribution in [0.25, 0.3) is 0 Å². The summed E-state index contributed by atoms with van der Waals surface area (Å²) in [6.07, 6.45) is 7.31. The molecule has 1 aliphatic rings. The molecule has 0 heterocycles. The Bertz CT molecular complexity index is 257. The fourth-order valence-corrected chi connectivity index (χ4v) is 2.67. The number of carbonyl (C=O) groups is 1. The van der Waals surface area contributed by atoms with Crippen molar-refractivity contribution in [3.8, 4) is 0 Å². The molecule has 17 heavy (non-hydrogen) atoms. The molecule has 2 unspecified atom stereocenters.